The fourth-order valence-electron chi connectivity index (χ4n) is 5.69. The first-order chi connectivity index (χ1) is 18.0. The van der Waals surface area contributed by atoms with Gasteiger partial charge in [-0.15, -0.1) is 0 Å². The molecule has 37 heavy (non-hydrogen) atoms. The lowest BCUT2D eigenvalue weighted by Crippen LogP contribution is -2.33. The molecule has 1 atom stereocenters. The lowest BCUT2D eigenvalue weighted by molar-refractivity contribution is 0.180. The van der Waals surface area contributed by atoms with E-state index in [2.05, 4.69) is 10.2 Å². The summed E-state index contributed by atoms with van der Waals surface area (Å²) in [4.78, 5) is 2.38. The van der Waals surface area contributed by atoms with Crippen LogP contribution in [0.3, 0.4) is 0 Å². The van der Waals surface area contributed by atoms with Gasteiger partial charge in [-0.25, -0.2) is 4.39 Å². The van der Waals surface area contributed by atoms with Crippen molar-refractivity contribution in [3.05, 3.63) is 82.7 Å². The van der Waals surface area contributed by atoms with Gasteiger partial charge >= 0.3 is 0 Å². The first-order valence-electron chi connectivity index (χ1n) is 13.6. The van der Waals surface area contributed by atoms with Crippen LogP contribution in [0.5, 0.6) is 17.2 Å². The average Bonchev–Trinajstić information content (AvgIpc) is 2.90. The van der Waals surface area contributed by atoms with Crippen LogP contribution in [-0.2, 0) is 19.3 Å². The van der Waals surface area contributed by atoms with Crippen molar-refractivity contribution in [1.29, 1.82) is 0 Å². The number of anilines is 1. The Morgan fingerprint density at radius 1 is 0.919 bits per heavy atom. The van der Waals surface area contributed by atoms with E-state index in [0.717, 1.165) is 50.1 Å². The molecular formula is C31H37FN2O3. The normalized spacial score (nSPS) is 17.8. The summed E-state index contributed by atoms with van der Waals surface area (Å²) in [6.45, 7) is 4.19. The molecule has 1 fully saturated rings. The van der Waals surface area contributed by atoms with Crippen molar-refractivity contribution >= 4 is 5.69 Å². The Morgan fingerprint density at radius 2 is 1.73 bits per heavy atom. The molecule has 1 unspecified atom stereocenters. The summed E-state index contributed by atoms with van der Waals surface area (Å²) in [5, 5.41) is 23.4. The van der Waals surface area contributed by atoms with Crippen LogP contribution in [0.25, 0.3) is 0 Å². The minimum Gasteiger partial charge on any atom is -0.508 e. The van der Waals surface area contributed by atoms with Crippen molar-refractivity contribution in [3.8, 4) is 17.2 Å². The van der Waals surface area contributed by atoms with Crippen LogP contribution in [0.1, 0.15) is 53.9 Å². The summed E-state index contributed by atoms with van der Waals surface area (Å²) < 4.78 is 20.4. The summed E-state index contributed by atoms with van der Waals surface area (Å²) in [5.74, 6) is 0.872. The Labute approximate surface area is 218 Å². The summed E-state index contributed by atoms with van der Waals surface area (Å²) >= 11 is 0. The third-order valence-electron chi connectivity index (χ3n) is 7.73. The molecule has 0 aromatic heterocycles. The molecule has 5 rings (SSSR count). The van der Waals surface area contributed by atoms with Gasteiger partial charge in [-0.1, -0.05) is 24.6 Å². The maximum Gasteiger partial charge on any atom is 0.165 e. The number of likely N-dealkylation sites (tertiary alicyclic amines) is 1. The number of halogens is 1. The van der Waals surface area contributed by atoms with E-state index in [0.29, 0.717) is 37.0 Å². The van der Waals surface area contributed by atoms with Gasteiger partial charge in [0.2, 0.25) is 0 Å². The van der Waals surface area contributed by atoms with E-state index in [1.807, 2.05) is 24.3 Å². The average molecular weight is 505 g/mol. The van der Waals surface area contributed by atoms with E-state index in [1.54, 1.807) is 30.3 Å². The van der Waals surface area contributed by atoms with Crippen LogP contribution in [0, 0.1) is 5.82 Å². The van der Waals surface area contributed by atoms with Crippen molar-refractivity contribution in [2.75, 3.05) is 38.1 Å². The predicted octanol–water partition coefficient (Wildman–Crippen LogP) is 6.03. The molecule has 0 radical (unpaired) electrons. The minimum absolute atomic E-state index is 0.226. The van der Waals surface area contributed by atoms with E-state index < -0.39 is 0 Å². The van der Waals surface area contributed by atoms with Gasteiger partial charge in [-0.3, -0.25) is 4.90 Å². The number of fused-ring (bicyclic) bond motifs is 1. The molecule has 5 nitrogen and oxygen atoms in total. The third kappa shape index (κ3) is 6.55. The number of aryl methyl sites for hydroxylation is 1. The Morgan fingerprint density at radius 3 is 2.57 bits per heavy atom. The van der Waals surface area contributed by atoms with Gasteiger partial charge in [0.05, 0.1) is 0 Å². The molecule has 3 aromatic carbocycles. The van der Waals surface area contributed by atoms with E-state index in [4.69, 9.17) is 4.74 Å². The molecule has 196 valence electrons. The van der Waals surface area contributed by atoms with Crippen molar-refractivity contribution in [2.24, 2.45) is 0 Å². The molecule has 0 amide bonds. The van der Waals surface area contributed by atoms with Crippen molar-refractivity contribution < 1.29 is 19.3 Å². The van der Waals surface area contributed by atoms with Crippen LogP contribution in [0.4, 0.5) is 10.1 Å². The number of benzene rings is 3. The number of aromatic hydroxyl groups is 2. The fraction of sp³-hybridized carbons (Fsp3) is 0.419. The summed E-state index contributed by atoms with van der Waals surface area (Å²) in [5.41, 5.74) is 5.49. The second kappa shape index (κ2) is 11.9. The van der Waals surface area contributed by atoms with E-state index in [-0.39, 0.29) is 11.6 Å². The zero-order chi connectivity index (χ0) is 25.6. The summed E-state index contributed by atoms with van der Waals surface area (Å²) in [6.07, 6.45) is 7.24. The number of piperidine rings is 1. The highest BCUT2D eigenvalue weighted by Gasteiger charge is 2.23. The quantitative estimate of drug-likeness (QED) is 0.332. The van der Waals surface area contributed by atoms with Crippen LogP contribution in [0.2, 0.25) is 0 Å². The highest BCUT2D eigenvalue weighted by molar-refractivity contribution is 5.57. The number of phenolic OH excluding ortho intramolecular Hbond substituents is 2. The van der Waals surface area contributed by atoms with E-state index in [1.165, 1.54) is 36.0 Å². The second-order valence-corrected chi connectivity index (χ2v) is 10.4. The molecule has 0 saturated carbocycles. The van der Waals surface area contributed by atoms with Gasteiger partial charge in [-0.05, 0) is 110 Å². The number of nitrogens with zero attached hydrogens (tertiary/aromatic N) is 1. The molecule has 6 heteroatoms. The predicted molar refractivity (Wildman–Crippen MR) is 145 cm³/mol. The third-order valence-corrected chi connectivity index (χ3v) is 7.73. The zero-order valence-electron chi connectivity index (χ0n) is 21.4. The standard InChI is InChI=1S/C31H37FN2O3/c32-29-18-22(4-11-31(29)37-17-16-34-14-2-1-3-15-34)12-13-33-30-21-27(36)9-10-28(30)25-6-5-24-20-26(35)8-7-23(24)19-25/h4,7-11,18,20-21,25,33,35-36H,1-3,5-6,12-17,19H2. The molecule has 0 bridgehead atoms. The van der Waals surface area contributed by atoms with Gasteiger partial charge in [0, 0.05) is 24.8 Å². The maximum absolute atomic E-state index is 14.7. The topological polar surface area (TPSA) is 65.0 Å². The maximum atomic E-state index is 14.7. The second-order valence-electron chi connectivity index (χ2n) is 10.4. The van der Waals surface area contributed by atoms with Crippen LogP contribution >= 0.6 is 0 Å². The Balaban J connectivity index is 1.16. The highest BCUT2D eigenvalue weighted by atomic mass is 19.1. The van der Waals surface area contributed by atoms with E-state index >= 15 is 0 Å². The number of nitrogens with one attached hydrogen (secondary N) is 1. The number of rotatable bonds is 9. The molecule has 1 saturated heterocycles. The van der Waals surface area contributed by atoms with Gasteiger partial charge in [0.25, 0.3) is 0 Å². The Bertz CT molecular complexity index is 1210. The zero-order valence-corrected chi connectivity index (χ0v) is 21.4. The number of hydrogen-bond donors (Lipinski definition) is 3. The fourth-order valence-corrected chi connectivity index (χ4v) is 5.69. The summed E-state index contributed by atoms with van der Waals surface area (Å²) in [7, 11) is 0. The monoisotopic (exact) mass is 504 g/mol. The summed E-state index contributed by atoms with van der Waals surface area (Å²) in [6, 6.07) is 16.4. The molecule has 1 aliphatic heterocycles. The molecule has 0 spiro atoms. The molecule has 1 heterocycles. The highest BCUT2D eigenvalue weighted by Crippen LogP contribution is 2.38. The molecule has 1 aliphatic carbocycles. The molecule has 3 aromatic rings. The first-order valence-corrected chi connectivity index (χ1v) is 13.6. The van der Waals surface area contributed by atoms with Gasteiger partial charge in [0.1, 0.15) is 18.1 Å². The number of ether oxygens (including phenoxy) is 1. The number of phenols is 2. The number of hydrogen-bond acceptors (Lipinski definition) is 5. The lowest BCUT2D eigenvalue weighted by atomic mass is 9.79. The van der Waals surface area contributed by atoms with Crippen molar-refractivity contribution in [2.45, 2.75) is 50.9 Å². The Hall–Kier alpha value is -3.25. The largest absolute Gasteiger partial charge is 0.508 e. The van der Waals surface area contributed by atoms with Gasteiger partial charge < -0.3 is 20.3 Å². The Kier molecular flexibility index (Phi) is 8.15. The van der Waals surface area contributed by atoms with E-state index in [9.17, 15) is 14.6 Å². The van der Waals surface area contributed by atoms with Crippen molar-refractivity contribution in [1.82, 2.24) is 4.90 Å². The molecule has 3 N–H and O–H groups in total. The molecular weight excluding hydrogens is 467 g/mol. The van der Waals surface area contributed by atoms with Crippen LogP contribution in [0.15, 0.2) is 54.6 Å². The van der Waals surface area contributed by atoms with Gasteiger partial charge in [-0.2, -0.15) is 0 Å². The SMILES string of the molecule is Oc1ccc2c(c1)CCC(c1ccc(O)cc1NCCc1ccc(OCCN3CCCCC3)c(F)c1)C2. The first kappa shape index (κ1) is 25.4. The van der Waals surface area contributed by atoms with Crippen LogP contribution in [-0.4, -0.2) is 47.9 Å². The molecule has 2 aliphatic rings. The lowest BCUT2D eigenvalue weighted by Gasteiger charge is -2.27. The minimum atomic E-state index is -0.318. The smallest absolute Gasteiger partial charge is 0.165 e. The van der Waals surface area contributed by atoms with Crippen LogP contribution < -0.4 is 10.1 Å². The van der Waals surface area contributed by atoms with Crippen molar-refractivity contribution in [3.63, 3.8) is 0 Å². The van der Waals surface area contributed by atoms with Gasteiger partial charge in [0.15, 0.2) is 11.6 Å².